The maximum atomic E-state index is 12.2. The lowest BCUT2D eigenvalue weighted by Crippen LogP contribution is -2.29. The molecular weight excluding hydrogens is 309 g/mol. The minimum absolute atomic E-state index is 0.222. The number of hydrogen-bond acceptors (Lipinski definition) is 2. The first-order chi connectivity index (χ1) is 9.97. The molecule has 0 aromatic heterocycles. The second-order valence-electron chi connectivity index (χ2n) is 4.98. The second kappa shape index (κ2) is 5.17. The van der Waals surface area contributed by atoms with Gasteiger partial charge in [-0.25, -0.2) is 0 Å². The highest BCUT2D eigenvalue weighted by molar-refractivity contribution is 6.52. The first kappa shape index (κ1) is 14.1. The van der Waals surface area contributed by atoms with Crippen LogP contribution in [0.5, 0.6) is 0 Å². The molecule has 0 fully saturated rings. The Kier molecular flexibility index (Phi) is 3.47. The molecule has 1 amide bonds. The Hall–Kier alpha value is -1.84. The van der Waals surface area contributed by atoms with Gasteiger partial charge in [0.05, 0.1) is 17.8 Å². The molecule has 21 heavy (non-hydrogen) atoms. The molecule has 0 atom stereocenters. The van der Waals surface area contributed by atoms with Crippen molar-refractivity contribution in [2.75, 3.05) is 4.90 Å². The fourth-order valence-corrected chi connectivity index (χ4v) is 2.78. The molecule has 0 spiro atoms. The Morgan fingerprint density at radius 1 is 1.05 bits per heavy atom. The van der Waals surface area contributed by atoms with Crippen molar-refractivity contribution in [1.82, 2.24) is 0 Å². The molecule has 0 radical (unpaired) electrons. The van der Waals surface area contributed by atoms with Gasteiger partial charge in [0, 0.05) is 10.0 Å². The Bertz CT molecular complexity index is 771. The van der Waals surface area contributed by atoms with E-state index in [-0.39, 0.29) is 6.54 Å². The van der Waals surface area contributed by atoms with Gasteiger partial charge in [0.25, 0.3) is 11.7 Å². The van der Waals surface area contributed by atoms with Crippen molar-refractivity contribution < 1.29 is 9.59 Å². The lowest BCUT2D eigenvalue weighted by Gasteiger charge is -2.17. The molecule has 0 bridgehead atoms. The van der Waals surface area contributed by atoms with Crippen molar-refractivity contribution >= 4 is 40.6 Å². The number of fused-ring (bicyclic) bond motifs is 1. The number of amides is 1. The van der Waals surface area contributed by atoms with Gasteiger partial charge >= 0.3 is 0 Å². The first-order valence-corrected chi connectivity index (χ1v) is 7.14. The van der Waals surface area contributed by atoms with E-state index in [0.29, 0.717) is 26.9 Å². The standard InChI is InChI=1S/C16H11Cl2NO2/c1-9-2-5-14-12(6-9)15(20)16(21)19(14)8-10-7-11(17)3-4-13(10)18/h2-7H,8H2,1H3. The highest BCUT2D eigenvalue weighted by atomic mass is 35.5. The maximum absolute atomic E-state index is 12.2. The van der Waals surface area contributed by atoms with Gasteiger partial charge in [0.15, 0.2) is 0 Å². The summed E-state index contributed by atoms with van der Waals surface area (Å²) in [6.45, 7) is 2.11. The number of Topliss-reactive ketones (excluding diaryl/α,β-unsaturated/α-hetero) is 1. The molecule has 1 heterocycles. The SMILES string of the molecule is Cc1ccc2c(c1)C(=O)C(=O)N2Cc1cc(Cl)ccc1Cl. The van der Waals surface area contributed by atoms with E-state index in [0.717, 1.165) is 5.56 Å². The molecule has 0 aliphatic carbocycles. The molecule has 0 N–H and O–H groups in total. The van der Waals surface area contributed by atoms with Crippen LogP contribution >= 0.6 is 23.2 Å². The van der Waals surface area contributed by atoms with Crippen molar-refractivity contribution in [3.8, 4) is 0 Å². The summed E-state index contributed by atoms with van der Waals surface area (Å²) in [5.74, 6) is -1.02. The Balaban J connectivity index is 2.02. The van der Waals surface area contributed by atoms with E-state index < -0.39 is 11.7 Å². The third kappa shape index (κ3) is 2.43. The quantitative estimate of drug-likeness (QED) is 0.784. The van der Waals surface area contributed by atoms with E-state index in [1.54, 1.807) is 30.3 Å². The lowest BCUT2D eigenvalue weighted by molar-refractivity contribution is -0.114. The number of rotatable bonds is 2. The molecule has 2 aromatic carbocycles. The molecule has 2 aromatic rings. The minimum Gasteiger partial charge on any atom is -0.300 e. The molecule has 106 valence electrons. The fourth-order valence-electron chi connectivity index (χ4n) is 2.41. The second-order valence-corrected chi connectivity index (χ2v) is 5.82. The van der Waals surface area contributed by atoms with Crippen LogP contribution in [0.3, 0.4) is 0 Å². The smallest absolute Gasteiger partial charge is 0.299 e. The predicted octanol–water partition coefficient (Wildman–Crippen LogP) is 4.03. The zero-order chi connectivity index (χ0) is 15.1. The van der Waals surface area contributed by atoms with Crippen molar-refractivity contribution in [3.05, 3.63) is 63.1 Å². The van der Waals surface area contributed by atoms with Gasteiger partial charge < -0.3 is 4.90 Å². The number of ketones is 1. The lowest BCUT2D eigenvalue weighted by atomic mass is 10.1. The summed E-state index contributed by atoms with van der Waals surface area (Å²) in [6, 6.07) is 10.4. The molecule has 5 heteroatoms. The van der Waals surface area contributed by atoms with E-state index in [2.05, 4.69) is 0 Å². The summed E-state index contributed by atoms with van der Waals surface area (Å²) in [5.41, 5.74) is 2.71. The van der Waals surface area contributed by atoms with Gasteiger partial charge in [-0.05, 0) is 42.8 Å². The van der Waals surface area contributed by atoms with Crippen LogP contribution in [-0.4, -0.2) is 11.7 Å². The number of aryl methyl sites for hydroxylation is 1. The zero-order valence-electron chi connectivity index (χ0n) is 11.2. The Labute approximate surface area is 132 Å². The molecule has 3 rings (SSSR count). The van der Waals surface area contributed by atoms with E-state index in [4.69, 9.17) is 23.2 Å². The van der Waals surface area contributed by atoms with Gasteiger partial charge in [-0.1, -0.05) is 34.8 Å². The molecule has 0 saturated heterocycles. The van der Waals surface area contributed by atoms with E-state index >= 15 is 0 Å². The van der Waals surface area contributed by atoms with Crippen LogP contribution < -0.4 is 4.90 Å². The van der Waals surface area contributed by atoms with Crippen molar-refractivity contribution in [2.45, 2.75) is 13.5 Å². The minimum atomic E-state index is -0.536. The Morgan fingerprint density at radius 3 is 2.57 bits per heavy atom. The van der Waals surface area contributed by atoms with E-state index in [1.165, 1.54) is 4.90 Å². The highest BCUT2D eigenvalue weighted by Crippen LogP contribution is 2.32. The number of carbonyl (C=O) groups is 2. The van der Waals surface area contributed by atoms with Crippen molar-refractivity contribution in [1.29, 1.82) is 0 Å². The van der Waals surface area contributed by atoms with Crippen molar-refractivity contribution in [2.24, 2.45) is 0 Å². The largest absolute Gasteiger partial charge is 0.300 e. The number of benzene rings is 2. The summed E-state index contributed by atoms with van der Waals surface area (Å²) in [7, 11) is 0. The van der Waals surface area contributed by atoms with Crippen LogP contribution in [0, 0.1) is 6.92 Å². The Morgan fingerprint density at radius 2 is 1.81 bits per heavy atom. The number of anilines is 1. The highest BCUT2D eigenvalue weighted by Gasteiger charge is 2.35. The van der Waals surface area contributed by atoms with Crippen LogP contribution in [-0.2, 0) is 11.3 Å². The summed E-state index contributed by atoms with van der Waals surface area (Å²) >= 11 is 12.1. The van der Waals surface area contributed by atoms with E-state index in [1.807, 2.05) is 13.0 Å². The third-order valence-electron chi connectivity index (χ3n) is 3.46. The molecule has 0 unspecified atom stereocenters. The van der Waals surface area contributed by atoms with E-state index in [9.17, 15) is 9.59 Å². The fraction of sp³-hybridized carbons (Fsp3) is 0.125. The predicted molar refractivity (Wildman–Crippen MR) is 83.2 cm³/mol. The van der Waals surface area contributed by atoms with Crippen LogP contribution in [0.25, 0.3) is 0 Å². The van der Waals surface area contributed by atoms with Gasteiger partial charge in [-0.2, -0.15) is 0 Å². The molecule has 1 aliphatic rings. The van der Waals surface area contributed by atoms with Gasteiger partial charge in [-0.15, -0.1) is 0 Å². The van der Waals surface area contributed by atoms with Gasteiger partial charge in [0.1, 0.15) is 0 Å². The number of halogens is 2. The van der Waals surface area contributed by atoms with Crippen LogP contribution in [0.15, 0.2) is 36.4 Å². The van der Waals surface area contributed by atoms with Crippen LogP contribution in [0.2, 0.25) is 10.0 Å². The number of nitrogens with zero attached hydrogens (tertiary/aromatic N) is 1. The zero-order valence-corrected chi connectivity index (χ0v) is 12.7. The summed E-state index contributed by atoms with van der Waals surface area (Å²) in [4.78, 5) is 25.7. The first-order valence-electron chi connectivity index (χ1n) is 6.38. The molecular formula is C16H11Cl2NO2. The van der Waals surface area contributed by atoms with Gasteiger partial charge in [-0.3, -0.25) is 9.59 Å². The average molecular weight is 320 g/mol. The van der Waals surface area contributed by atoms with Crippen molar-refractivity contribution in [3.63, 3.8) is 0 Å². The van der Waals surface area contributed by atoms with Gasteiger partial charge in [0.2, 0.25) is 0 Å². The average Bonchev–Trinajstić information content (AvgIpc) is 2.68. The monoisotopic (exact) mass is 319 g/mol. The maximum Gasteiger partial charge on any atom is 0.299 e. The number of carbonyl (C=O) groups excluding carboxylic acids is 2. The molecule has 0 saturated carbocycles. The topological polar surface area (TPSA) is 37.4 Å². The van der Waals surface area contributed by atoms with Crippen LogP contribution in [0.1, 0.15) is 21.5 Å². The normalized spacial score (nSPS) is 13.8. The summed E-state index contributed by atoms with van der Waals surface area (Å²) in [5, 5.41) is 1.05. The summed E-state index contributed by atoms with van der Waals surface area (Å²) < 4.78 is 0. The molecule has 3 nitrogen and oxygen atoms in total. The number of hydrogen-bond donors (Lipinski definition) is 0. The van der Waals surface area contributed by atoms with Crippen LogP contribution in [0.4, 0.5) is 5.69 Å². The summed E-state index contributed by atoms with van der Waals surface area (Å²) in [6.07, 6.45) is 0. The third-order valence-corrected chi connectivity index (χ3v) is 4.07. The molecule has 1 aliphatic heterocycles.